The minimum Gasteiger partial charge on any atom is -0.371 e. The van der Waals surface area contributed by atoms with Crippen LogP contribution >= 0.6 is 0 Å². The van der Waals surface area contributed by atoms with Crippen LogP contribution in [0.15, 0.2) is 16.8 Å². The van der Waals surface area contributed by atoms with Gasteiger partial charge in [0.15, 0.2) is 0 Å². The number of oxime groups is 1. The molecular weight excluding hydrogens is 214 g/mol. The van der Waals surface area contributed by atoms with E-state index in [9.17, 15) is 0 Å². The molecule has 3 heterocycles. The minimum atomic E-state index is 0.0165. The summed E-state index contributed by atoms with van der Waals surface area (Å²) in [6.07, 6.45) is 8.49. The van der Waals surface area contributed by atoms with E-state index in [1.54, 1.807) is 0 Å². The first-order valence-electron chi connectivity index (χ1n) is 6.74. The average Bonchev–Trinajstić information content (AvgIpc) is 2.59. The van der Waals surface area contributed by atoms with Gasteiger partial charge in [-0.25, -0.2) is 0 Å². The highest BCUT2D eigenvalue weighted by atomic mass is 16.7. The summed E-state index contributed by atoms with van der Waals surface area (Å²) in [6.45, 7) is 2.20. The van der Waals surface area contributed by atoms with Gasteiger partial charge < -0.3 is 4.84 Å². The molecule has 0 unspecified atom stereocenters. The fourth-order valence-corrected chi connectivity index (χ4v) is 2.98. The van der Waals surface area contributed by atoms with Crippen molar-refractivity contribution in [2.75, 3.05) is 20.1 Å². The summed E-state index contributed by atoms with van der Waals surface area (Å²) in [5.41, 5.74) is 2.47. The monoisotopic (exact) mass is 235 g/mol. The number of allylic oxidation sites excluding steroid dienone is 1. The lowest BCUT2D eigenvalue weighted by Gasteiger charge is -2.32. The second-order valence-electron chi connectivity index (χ2n) is 5.21. The fraction of sp³-hybridized carbons (Fsp3) is 0.769. The number of hydrogen-bond acceptors (Lipinski definition) is 4. The van der Waals surface area contributed by atoms with Crippen LogP contribution in [0.5, 0.6) is 0 Å². The van der Waals surface area contributed by atoms with Crippen LogP contribution in [0.2, 0.25) is 0 Å². The van der Waals surface area contributed by atoms with E-state index in [0.29, 0.717) is 6.04 Å². The Balaban J connectivity index is 1.80. The maximum atomic E-state index is 5.53. The first-order chi connectivity index (χ1) is 8.36. The Hall–Kier alpha value is -0.870. The predicted octanol–water partition coefficient (Wildman–Crippen LogP) is 1.49. The molecule has 4 heteroatoms. The molecule has 3 rings (SSSR count). The van der Waals surface area contributed by atoms with Crippen molar-refractivity contribution < 1.29 is 4.84 Å². The number of likely N-dealkylation sites (tertiary alicyclic amines) is 1. The molecule has 0 spiro atoms. The summed E-state index contributed by atoms with van der Waals surface area (Å²) in [7, 11) is 2.20. The smallest absolute Gasteiger partial charge is 0.206 e. The molecule has 3 aliphatic heterocycles. The molecule has 0 radical (unpaired) electrons. The van der Waals surface area contributed by atoms with E-state index in [-0.39, 0.29) is 6.23 Å². The van der Waals surface area contributed by atoms with E-state index in [1.807, 2.05) is 0 Å². The molecule has 1 saturated heterocycles. The molecule has 17 heavy (non-hydrogen) atoms. The van der Waals surface area contributed by atoms with Gasteiger partial charge in [0.2, 0.25) is 6.23 Å². The summed E-state index contributed by atoms with van der Waals surface area (Å²) >= 11 is 0. The van der Waals surface area contributed by atoms with Gasteiger partial charge in [0.05, 0.1) is 6.04 Å². The highest BCUT2D eigenvalue weighted by molar-refractivity contribution is 6.05. The van der Waals surface area contributed by atoms with Gasteiger partial charge in [-0.15, -0.1) is 0 Å². The third-order valence-corrected chi connectivity index (χ3v) is 4.00. The maximum absolute atomic E-state index is 5.53. The van der Waals surface area contributed by atoms with Crippen LogP contribution in [0.4, 0.5) is 0 Å². The van der Waals surface area contributed by atoms with Crippen molar-refractivity contribution in [1.29, 1.82) is 0 Å². The van der Waals surface area contributed by atoms with Crippen LogP contribution in [-0.2, 0) is 4.84 Å². The Bertz CT molecular complexity index is 351. The lowest BCUT2D eigenvalue weighted by Crippen LogP contribution is -2.43. The summed E-state index contributed by atoms with van der Waals surface area (Å²) < 4.78 is 0. The molecule has 3 aliphatic rings. The van der Waals surface area contributed by atoms with Crippen LogP contribution < -0.4 is 5.32 Å². The van der Waals surface area contributed by atoms with Gasteiger partial charge >= 0.3 is 0 Å². The number of rotatable bonds is 1. The number of nitrogens with one attached hydrogen (secondary N) is 1. The molecule has 0 aromatic rings. The summed E-state index contributed by atoms with van der Waals surface area (Å²) in [5.74, 6) is 0. The van der Waals surface area contributed by atoms with E-state index in [1.165, 1.54) is 43.5 Å². The van der Waals surface area contributed by atoms with Gasteiger partial charge in [0.1, 0.15) is 5.71 Å². The quantitative estimate of drug-likeness (QED) is 0.748. The number of fused-ring (bicyclic) bond motifs is 1. The molecular formula is C13H21N3O. The molecule has 0 aliphatic carbocycles. The Morgan fingerprint density at radius 3 is 3.24 bits per heavy atom. The molecule has 1 fully saturated rings. The molecule has 0 aromatic carbocycles. The van der Waals surface area contributed by atoms with Gasteiger partial charge in [-0.1, -0.05) is 17.7 Å². The molecule has 0 bridgehead atoms. The van der Waals surface area contributed by atoms with Crippen LogP contribution in [0.25, 0.3) is 0 Å². The Morgan fingerprint density at radius 2 is 2.35 bits per heavy atom. The normalized spacial score (nSPS) is 34.4. The molecule has 94 valence electrons. The van der Waals surface area contributed by atoms with Crippen molar-refractivity contribution in [3.63, 3.8) is 0 Å². The number of hydrogen-bond donors (Lipinski definition) is 1. The van der Waals surface area contributed by atoms with Crippen molar-refractivity contribution in [2.45, 2.75) is 44.4 Å². The fourth-order valence-electron chi connectivity index (χ4n) is 2.98. The van der Waals surface area contributed by atoms with Crippen LogP contribution in [0, 0.1) is 0 Å². The number of piperidine rings is 1. The standard InChI is InChI=1S/C13H21N3O/c1-16-9-5-3-7-11(16)12-10-6-2-4-8-14-13(10)17-15-12/h6,11,13-14H,2-5,7-9H2,1H3/t11-,13-/m1/s1. The van der Waals surface area contributed by atoms with Gasteiger partial charge in [-0.2, -0.15) is 0 Å². The van der Waals surface area contributed by atoms with Gasteiger partial charge in [0.25, 0.3) is 0 Å². The van der Waals surface area contributed by atoms with Crippen molar-refractivity contribution in [3.8, 4) is 0 Å². The number of nitrogens with zero attached hydrogens (tertiary/aromatic N) is 2. The molecule has 1 N–H and O–H groups in total. The van der Waals surface area contributed by atoms with E-state index in [2.05, 4.69) is 28.5 Å². The largest absolute Gasteiger partial charge is 0.371 e. The van der Waals surface area contributed by atoms with Crippen LogP contribution in [0.1, 0.15) is 32.1 Å². The molecule has 0 saturated carbocycles. The Morgan fingerprint density at radius 1 is 1.41 bits per heavy atom. The van der Waals surface area contributed by atoms with Crippen molar-refractivity contribution in [3.05, 3.63) is 11.6 Å². The molecule has 4 nitrogen and oxygen atoms in total. The maximum Gasteiger partial charge on any atom is 0.206 e. The second-order valence-corrected chi connectivity index (χ2v) is 5.21. The highest BCUT2D eigenvalue weighted by Gasteiger charge is 2.35. The summed E-state index contributed by atoms with van der Waals surface area (Å²) in [5, 5.41) is 7.74. The predicted molar refractivity (Wildman–Crippen MR) is 67.9 cm³/mol. The van der Waals surface area contributed by atoms with Gasteiger partial charge in [0, 0.05) is 5.57 Å². The summed E-state index contributed by atoms with van der Waals surface area (Å²) in [4.78, 5) is 7.95. The first-order valence-corrected chi connectivity index (χ1v) is 6.74. The van der Waals surface area contributed by atoms with E-state index in [4.69, 9.17) is 4.84 Å². The zero-order valence-electron chi connectivity index (χ0n) is 10.5. The summed E-state index contributed by atoms with van der Waals surface area (Å²) in [6, 6.07) is 0.458. The van der Waals surface area contributed by atoms with E-state index >= 15 is 0 Å². The Kier molecular flexibility index (Phi) is 3.16. The zero-order valence-corrected chi connectivity index (χ0v) is 10.5. The second kappa shape index (κ2) is 4.78. The third-order valence-electron chi connectivity index (χ3n) is 4.00. The lowest BCUT2D eigenvalue weighted by molar-refractivity contribution is 0.0803. The van der Waals surface area contributed by atoms with Crippen molar-refractivity contribution >= 4 is 5.71 Å². The molecule has 2 atom stereocenters. The SMILES string of the molecule is CN1CCCC[C@@H]1C1=NO[C@H]2NCCCC=C12. The minimum absolute atomic E-state index is 0.0165. The van der Waals surface area contributed by atoms with Gasteiger partial charge in [-0.05, 0) is 45.8 Å². The molecule has 0 aromatic heterocycles. The van der Waals surface area contributed by atoms with Crippen LogP contribution in [-0.4, -0.2) is 43.0 Å². The van der Waals surface area contributed by atoms with Crippen LogP contribution in [0.3, 0.4) is 0 Å². The Labute approximate surface area is 103 Å². The molecule has 0 amide bonds. The van der Waals surface area contributed by atoms with E-state index < -0.39 is 0 Å². The highest BCUT2D eigenvalue weighted by Crippen LogP contribution is 2.27. The van der Waals surface area contributed by atoms with Crippen molar-refractivity contribution in [1.82, 2.24) is 10.2 Å². The lowest BCUT2D eigenvalue weighted by atomic mass is 9.93. The van der Waals surface area contributed by atoms with Gasteiger partial charge in [-0.3, -0.25) is 10.2 Å². The van der Waals surface area contributed by atoms with E-state index in [0.717, 1.165) is 13.0 Å². The third kappa shape index (κ3) is 2.11. The first kappa shape index (κ1) is 11.2. The zero-order chi connectivity index (χ0) is 11.7. The average molecular weight is 235 g/mol. The van der Waals surface area contributed by atoms with Crippen molar-refractivity contribution in [2.24, 2.45) is 5.16 Å². The topological polar surface area (TPSA) is 36.9 Å².